The van der Waals surface area contributed by atoms with E-state index in [1.165, 1.54) is 5.56 Å². The summed E-state index contributed by atoms with van der Waals surface area (Å²) in [4.78, 5) is 18.6. The molecule has 0 aliphatic carbocycles. The van der Waals surface area contributed by atoms with Gasteiger partial charge in [-0.1, -0.05) is 30.3 Å². The van der Waals surface area contributed by atoms with Crippen molar-refractivity contribution in [1.29, 1.82) is 5.26 Å². The molecule has 128 valence electrons. The zero-order chi connectivity index (χ0) is 17.5. The highest BCUT2D eigenvalue weighted by Gasteiger charge is 2.33. The fourth-order valence-electron chi connectivity index (χ4n) is 2.87. The summed E-state index contributed by atoms with van der Waals surface area (Å²) in [6.07, 6.45) is 2.53. The summed E-state index contributed by atoms with van der Waals surface area (Å²) in [6.45, 7) is 2.78. The average molecular weight is 335 g/mol. The molecule has 1 aromatic carbocycles. The van der Waals surface area contributed by atoms with Crippen LogP contribution in [0.4, 0.5) is 5.82 Å². The molecule has 25 heavy (non-hydrogen) atoms. The molecule has 1 aromatic heterocycles. The van der Waals surface area contributed by atoms with Crippen molar-refractivity contribution >= 4 is 11.7 Å². The van der Waals surface area contributed by atoms with Gasteiger partial charge in [0.15, 0.2) is 0 Å². The maximum Gasteiger partial charge on any atom is 0.237 e. The third-order valence-electron chi connectivity index (χ3n) is 4.31. The molecule has 1 fully saturated rings. The number of hydrogen-bond acceptors (Lipinski definition) is 5. The summed E-state index contributed by atoms with van der Waals surface area (Å²) in [5.74, 6) is 0.610. The third-order valence-corrected chi connectivity index (χ3v) is 4.31. The molecular weight excluding hydrogens is 314 g/mol. The summed E-state index contributed by atoms with van der Waals surface area (Å²) >= 11 is 0. The van der Waals surface area contributed by atoms with E-state index < -0.39 is 0 Å². The van der Waals surface area contributed by atoms with Crippen LogP contribution in [0.15, 0.2) is 48.7 Å². The smallest absolute Gasteiger partial charge is 0.237 e. The predicted molar refractivity (Wildman–Crippen MR) is 95.7 cm³/mol. The van der Waals surface area contributed by atoms with Crippen LogP contribution in [0.25, 0.3) is 0 Å². The summed E-state index contributed by atoms with van der Waals surface area (Å²) in [5, 5.41) is 15.1. The van der Waals surface area contributed by atoms with Crippen molar-refractivity contribution in [2.75, 3.05) is 25.0 Å². The minimum absolute atomic E-state index is 0.0512. The predicted octanol–water partition coefficient (Wildman–Crippen LogP) is 1.76. The van der Waals surface area contributed by atoms with Gasteiger partial charge in [-0.25, -0.2) is 4.98 Å². The fraction of sp³-hybridized carbons (Fsp3) is 0.316. The summed E-state index contributed by atoms with van der Waals surface area (Å²) in [6, 6.07) is 15.7. The number of carbonyl (C=O) groups is 1. The van der Waals surface area contributed by atoms with Crippen LogP contribution in [0.1, 0.15) is 17.5 Å². The van der Waals surface area contributed by atoms with Gasteiger partial charge in [0, 0.05) is 32.4 Å². The molecule has 0 radical (unpaired) electrons. The Balaban J connectivity index is 1.41. The van der Waals surface area contributed by atoms with Gasteiger partial charge in [-0.3, -0.25) is 9.69 Å². The largest absolute Gasteiger partial charge is 0.367 e. The van der Waals surface area contributed by atoms with Crippen molar-refractivity contribution in [2.24, 2.45) is 0 Å². The monoisotopic (exact) mass is 335 g/mol. The van der Waals surface area contributed by atoms with E-state index in [1.807, 2.05) is 18.2 Å². The lowest BCUT2D eigenvalue weighted by molar-refractivity contribution is -0.131. The standard InChI is InChI=1S/C19H21N5O/c20-13-16-7-4-9-21-18(16)22-10-11-23-19(25)17-8-12-24(17)14-15-5-2-1-3-6-15/h1-7,9,17H,8,10-12,14H2,(H,21,22)(H,23,25)/t17-/m0/s1. The van der Waals surface area contributed by atoms with Crippen molar-refractivity contribution in [1.82, 2.24) is 15.2 Å². The summed E-state index contributed by atoms with van der Waals surface area (Å²) < 4.78 is 0. The third kappa shape index (κ3) is 4.34. The first kappa shape index (κ1) is 16.9. The molecule has 0 saturated carbocycles. The number of nitrogens with zero attached hydrogens (tertiary/aromatic N) is 3. The molecule has 0 unspecified atom stereocenters. The maximum atomic E-state index is 12.3. The zero-order valence-corrected chi connectivity index (χ0v) is 14.0. The summed E-state index contributed by atoms with van der Waals surface area (Å²) in [7, 11) is 0. The van der Waals surface area contributed by atoms with Gasteiger partial charge in [0.1, 0.15) is 11.9 Å². The quantitative estimate of drug-likeness (QED) is 0.754. The average Bonchev–Trinajstić information content (AvgIpc) is 2.63. The first-order valence-corrected chi connectivity index (χ1v) is 8.42. The van der Waals surface area contributed by atoms with Gasteiger partial charge >= 0.3 is 0 Å². The Labute approximate surface area is 147 Å². The SMILES string of the molecule is N#Cc1cccnc1NCCNC(=O)[C@@H]1CCN1Cc1ccccc1. The van der Waals surface area contributed by atoms with E-state index in [1.54, 1.807) is 18.3 Å². The van der Waals surface area contributed by atoms with E-state index in [0.717, 1.165) is 19.5 Å². The Hall–Kier alpha value is -2.91. The number of aromatic nitrogens is 1. The molecule has 0 bridgehead atoms. The highest BCUT2D eigenvalue weighted by atomic mass is 16.2. The minimum atomic E-state index is -0.0512. The lowest BCUT2D eigenvalue weighted by Gasteiger charge is -2.39. The zero-order valence-electron chi connectivity index (χ0n) is 14.0. The molecule has 1 aliphatic rings. The Morgan fingerprint density at radius 1 is 1.24 bits per heavy atom. The molecule has 6 nitrogen and oxygen atoms in total. The first-order chi connectivity index (χ1) is 12.3. The van der Waals surface area contributed by atoms with Crippen LogP contribution in [0.2, 0.25) is 0 Å². The molecule has 0 spiro atoms. The highest BCUT2D eigenvalue weighted by molar-refractivity contribution is 5.82. The van der Waals surface area contributed by atoms with Crippen molar-refractivity contribution in [3.8, 4) is 6.07 Å². The number of anilines is 1. The number of nitriles is 1. The van der Waals surface area contributed by atoms with Crippen molar-refractivity contribution in [3.05, 3.63) is 59.8 Å². The van der Waals surface area contributed by atoms with E-state index in [0.29, 0.717) is 24.5 Å². The van der Waals surface area contributed by atoms with E-state index in [-0.39, 0.29) is 11.9 Å². The van der Waals surface area contributed by atoms with E-state index >= 15 is 0 Å². The number of likely N-dealkylation sites (tertiary alicyclic amines) is 1. The van der Waals surface area contributed by atoms with E-state index in [2.05, 4.69) is 38.7 Å². The van der Waals surface area contributed by atoms with Gasteiger partial charge in [0.25, 0.3) is 0 Å². The second-order valence-corrected chi connectivity index (χ2v) is 5.99. The van der Waals surface area contributed by atoms with Gasteiger partial charge in [0.2, 0.25) is 5.91 Å². The molecule has 2 N–H and O–H groups in total. The van der Waals surface area contributed by atoms with E-state index in [9.17, 15) is 4.79 Å². The van der Waals surface area contributed by atoms with Gasteiger partial charge in [0.05, 0.1) is 11.6 Å². The molecule has 1 saturated heterocycles. The molecule has 1 aliphatic heterocycles. The highest BCUT2D eigenvalue weighted by Crippen LogP contribution is 2.20. The molecule has 1 amide bonds. The Bertz CT molecular complexity index is 756. The Kier molecular flexibility index (Phi) is 5.60. The molecule has 1 atom stereocenters. The second kappa shape index (κ2) is 8.27. The molecule has 3 rings (SSSR count). The number of amides is 1. The Morgan fingerprint density at radius 3 is 2.80 bits per heavy atom. The normalized spacial score (nSPS) is 16.5. The number of benzene rings is 1. The molecule has 2 heterocycles. The lowest BCUT2D eigenvalue weighted by Crippen LogP contribution is -2.55. The van der Waals surface area contributed by atoms with Crippen LogP contribution in [0.5, 0.6) is 0 Å². The maximum absolute atomic E-state index is 12.3. The van der Waals surface area contributed by atoms with Crippen LogP contribution in [-0.2, 0) is 11.3 Å². The van der Waals surface area contributed by atoms with Crippen molar-refractivity contribution in [2.45, 2.75) is 19.0 Å². The number of carbonyl (C=O) groups excluding carboxylic acids is 1. The number of hydrogen-bond donors (Lipinski definition) is 2. The van der Waals surface area contributed by atoms with Gasteiger partial charge in [-0.15, -0.1) is 0 Å². The second-order valence-electron chi connectivity index (χ2n) is 5.99. The Morgan fingerprint density at radius 2 is 2.08 bits per heavy atom. The van der Waals surface area contributed by atoms with Crippen LogP contribution in [-0.4, -0.2) is 41.5 Å². The number of nitrogens with one attached hydrogen (secondary N) is 2. The fourth-order valence-corrected chi connectivity index (χ4v) is 2.87. The van der Waals surface area contributed by atoms with Gasteiger partial charge in [-0.05, 0) is 24.1 Å². The van der Waals surface area contributed by atoms with Crippen molar-refractivity contribution in [3.63, 3.8) is 0 Å². The molecular formula is C19H21N5O. The number of rotatable bonds is 7. The van der Waals surface area contributed by atoms with Gasteiger partial charge in [-0.2, -0.15) is 5.26 Å². The lowest BCUT2D eigenvalue weighted by atomic mass is 10.0. The van der Waals surface area contributed by atoms with Crippen LogP contribution in [0, 0.1) is 11.3 Å². The first-order valence-electron chi connectivity index (χ1n) is 8.42. The summed E-state index contributed by atoms with van der Waals surface area (Å²) in [5.41, 5.74) is 1.72. The van der Waals surface area contributed by atoms with Crippen LogP contribution in [0.3, 0.4) is 0 Å². The van der Waals surface area contributed by atoms with E-state index in [4.69, 9.17) is 5.26 Å². The van der Waals surface area contributed by atoms with Crippen LogP contribution >= 0.6 is 0 Å². The van der Waals surface area contributed by atoms with Crippen molar-refractivity contribution < 1.29 is 4.79 Å². The molecule has 6 heteroatoms. The topological polar surface area (TPSA) is 81.0 Å². The number of pyridine rings is 1. The van der Waals surface area contributed by atoms with Gasteiger partial charge < -0.3 is 10.6 Å². The minimum Gasteiger partial charge on any atom is -0.367 e. The molecule has 2 aromatic rings. The van der Waals surface area contributed by atoms with Crippen LogP contribution < -0.4 is 10.6 Å².